The Bertz CT molecular complexity index is 1030. The first-order valence-corrected chi connectivity index (χ1v) is 10.3. The minimum atomic E-state index is -4.67. The first kappa shape index (κ1) is 31.4. The van der Waals surface area contributed by atoms with Crippen LogP contribution in [0.5, 0.6) is 0 Å². The van der Waals surface area contributed by atoms with E-state index in [1.165, 1.54) is 24.3 Å². The van der Waals surface area contributed by atoms with Crippen LogP contribution in [0.1, 0.15) is 22.3 Å². The van der Waals surface area contributed by atoms with Gasteiger partial charge < -0.3 is 22.9 Å². The third-order valence-corrected chi connectivity index (χ3v) is 3.40. The van der Waals surface area contributed by atoms with Crippen LogP contribution in [0.25, 0.3) is 0 Å². The molecule has 0 aromatic heterocycles. The molecule has 0 heterocycles. The van der Waals surface area contributed by atoms with Crippen LogP contribution < -0.4 is 22.9 Å². The van der Waals surface area contributed by atoms with Crippen molar-refractivity contribution in [3.8, 4) is 0 Å². The van der Waals surface area contributed by atoms with Crippen LogP contribution >= 0.6 is 0 Å². The SMILES string of the molecule is NC(N)=NCc1cccc(C(F)(F)F)c1.NC(N)=NCc1cccc(C(F)(F)F)c1.O=S(=O)(O)O. The quantitative estimate of drug-likeness (QED) is 0.149. The van der Waals surface area contributed by atoms with E-state index in [9.17, 15) is 26.3 Å². The number of alkyl halides is 6. The van der Waals surface area contributed by atoms with Gasteiger partial charge in [-0.2, -0.15) is 34.8 Å². The van der Waals surface area contributed by atoms with Gasteiger partial charge in [-0.25, -0.2) is 9.98 Å². The minimum absolute atomic E-state index is 0.0479. The van der Waals surface area contributed by atoms with E-state index in [-0.39, 0.29) is 25.0 Å². The van der Waals surface area contributed by atoms with Crippen molar-refractivity contribution in [2.45, 2.75) is 25.4 Å². The van der Waals surface area contributed by atoms with E-state index in [2.05, 4.69) is 9.98 Å². The largest absolute Gasteiger partial charge is 0.416 e. The van der Waals surface area contributed by atoms with Crippen molar-refractivity contribution in [3.05, 3.63) is 70.8 Å². The molecule has 196 valence electrons. The van der Waals surface area contributed by atoms with Crippen LogP contribution in [0.2, 0.25) is 0 Å². The van der Waals surface area contributed by atoms with E-state index in [4.69, 9.17) is 40.5 Å². The summed E-state index contributed by atoms with van der Waals surface area (Å²) in [4.78, 5) is 7.25. The Labute approximate surface area is 195 Å². The highest BCUT2D eigenvalue weighted by Gasteiger charge is 2.30. The zero-order valence-corrected chi connectivity index (χ0v) is 18.4. The summed E-state index contributed by atoms with van der Waals surface area (Å²) in [7, 11) is -4.67. The number of nitrogens with two attached hydrogens (primary N) is 4. The van der Waals surface area contributed by atoms with Crippen LogP contribution in [-0.4, -0.2) is 29.4 Å². The number of aliphatic imine (C=N–C) groups is 2. The highest BCUT2D eigenvalue weighted by molar-refractivity contribution is 7.79. The van der Waals surface area contributed by atoms with Gasteiger partial charge in [-0.3, -0.25) is 9.11 Å². The fourth-order valence-electron chi connectivity index (χ4n) is 2.06. The molecule has 2 aromatic carbocycles. The standard InChI is InChI=1S/2C9H10F3N3.H2O4S/c2*10-9(11,12)7-3-1-2-6(4-7)5-15-8(13)14;1-5(2,3)4/h2*1-4H,5H2,(H4,13,14,15);(H2,1,2,3,4). The Balaban J connectivity index is 0.000000555. The molecule has 0 amide bonds. The molecule has 17 heteroatoms. The molecule has 0 aliphatic carbocycles. The van der Waals surface area contributed by atoms with Gasteiger partial charge in [0.15, 0.2) is 11.9 Å². The molecule has 0 saturated carbocycles. The molecule has 0 spiro atoms. The monoisotopic (exact) mass is 532 g/mol. The molecule has 0 fully saturated rings. The fraction of sp³-hybridized carbons (Fsp3) is 0.222. The molecular formula is C18H22F6N6O4S. The summed E-state index contributed by atoms with van der Waals surface area (Å²) in [5.74, 6) is -0.292. The second-order valence-electron chi connectivity index (χ2n) is 6.33. The Morgan fingerprint density at radius 3 is 1.23 bits per heavy atom. The second kappa shape index (κ2) is 13.4. The maximum atomic E-state index is 12.3. The fourth-order valence-corrected chi connectivity index (χ4v) is 2.06. The van der Waals surface area contributed by atoms with Gasteiger partial charge in [-0.15, -0.1) is 0 Å². The highest BCUT2D eigenvalue weighted by Crippen LogP contribution is 2.30. The van der Waals surface area contributed by atoms with Gasteiger partial charge in [0.1, 0.15) is 0 Å². The topological polar surface area (TPSA) is 203 Å². The number of benzene rings is 2. The molecule has 10 nitrogen and oxygen atoms in total. The zero-order chi connectivity index (χ0) is 27.4. The molecule has 0 atom stereocenters. The van der Waals surface area contributed by atoms with E-state index in [1.807, 2.05) is 0 Å². The van der Waals surface area contributed by atoms with Crippen molar-refractivity contribution in [1.29, 1.82) is 0 Å². The number of hydrogen-bond donors (Lipinski definition) is 6. The molecule has 2 rings (SSSR count). The van der Waals surface area contributed by atoms with Crippen LogP contribution in [0, 0.1) is 0 Å². The summed E-state index contributed by atoms with van der Waals surface area (Å²) in [6, 6.07) is 9.74. The van der Waals surface area contributed by atoms with Crippen molar-refractivity contribution in [2.24, 2.45) is 32.9 Å². The van der Waals surface area contributed by atoms with Crippen molar-refractivity contribution < 1.29 is 43.9 Å². The van der Waals surface area contributed by atoms with E-state index in [0.717, 1.165) is 24.3 Å². The summed E-state index contributed by atoms with van der Waals surface area (Å²) in [6.45, 7) is 0.0957. The Kier molecular flexibility index (Phi) is 12.0. The number of guanidine groups is 2. The van der Waals surface area contributed by atoms with Gasteiger partial charge in [0.2, 0.25) is 0 Å². The van der Waals surface area contributed by atoms with Crippen LogP contribution in [0.3, 0.4) is 0 Å². The lowest BCUT2D eigenvalue weighted by atomic mass is 10.1. The molecule has 0 aliphatic heterocycles. The number of nitrogens with zero attached hydrogens (tertiary/aromatic N) is 2. The molecule has 0 bridgehead atoms. The van der Waals surface area contributed by atoms with Gasteiger partial charge in [-0.1, -0.05) is 24.3 Å². The summed E-state index contributed by atoms with van der Waals surface area (Å²) >= 11 is 0. The molecule has 0 aliphatic rings. The zero-order valence-electron chi connectivity index (χ0n) is 17.6. The average molecular weight is 532 g/mol. The lowest BCUT2D eigenvalue weighted by molar-refractivity contribution is -0.138. The third kappa shape index (κ3) is 16.7. The van der Waals surface area contributed by atoms with E-state index < -0.39 is 33.9 Å². The molecule has 0 unspecified atom stereocenters. The van der Waals surface area contributed by atoms with Gasteiger partial charge in [0, 0.05) is 0 Å². The molecular weight excluding hydrogens is 510 g/mol. The van der Waals surface area contributed by atoms with Crippen LogP contribution in [0.15, 0.2) is 58.5 Å². The van der Waals surface area contributed by atoms with Crippen LogP contribution in [0.4, 0.5) is 26.3 Å². The summed E-state index contributed by atoms with van der Waals surface area (Å²) in [6.07, 6.45) is -8.68. The van der Waals surface area contributed by atoms with Gasteiger partial charge >= 0.3 is 22.8 Å². The first-order chi connectivity index (χ1) is 15.8. The number of hydrogen-bond acceptors (Lipinski definition) is 4. The third-order valence-electron chi connectivity index (χ3n) is 3.40. The van der Waals surface area contributed by atoms with Crippen LogP contribution in [-0.2, 0) is 35.8 Å². The molecule has 10 N–H and O–H groups in total. The highest BCUT2D eigenvalue weighted by atomic mass is 32.3. The molecule has 0 radical (unpaired) electrons. The van der Waals surface area contributed by atoms with Crippen molar-refractivity contribution in [1.82, 2.24) is 0 Å². The minimum Gasteiger partial charge on any atom is -0.370 e. The Morgan fingerprint density at radius 2 is 1.00 bits per heavy atom. The Morgan fingerprint density at radius 1 is 0.714 bits per heavy atom. The molecule has 35 heavy (non-hydrogen) atoms. The van der Waals surface area contributed by atoms with Crippen molar-refractivity contribution in [3.63, 3.8) is 0 Å². The smallest absolute Gasteiger partial charge is 0.370 e. The van der Waals surface area contributed by atoms with Gasteiger partial charge in [0.05, 0.1) is 24.2 Å². The maximum absolute atomic E-state index is 12.3. The summed E-state index contributed by atoms with van der Waals surface area (Å²) in [5, 5.41) is 0. The average Bonchev–Trinajstić information content (AvgIpc) is 2.69. The first-order valence-electron chi connectivity index (χ1n) is 8.92. The normalized spacial score (nSPS) is 11.2. The predicted octanol–water partition coefficient (Wildman–Crippen LogP) is 2.30. The van der Waals surface area contributed by atoms with Crippen molar-refractivity contribution >= 4 is 22.3 Å². The molecule has 0 saturated heterocycles. The lowest BCUT2D eigenvalue weighted by Gasteiger charge is -2.07. The maximum Gasteiger partial charge on any atom is 0.416 e. The predicted molar refractivity (Wildman–Crippen MR) is 116 cm³/mol. The second-order valence-corrected chi connectivity index (χ2v) is 7.22. The lowest BCUT2D eigenvalue weighted by Crippen LogP contribution is -2.22. The van der Waals surface area contributed by atoms with Gasteiger partial charge in [-0.05, 0) is 35.4 Å². The van der Waals surface area contributed by atoms with Crippen molar-refractivity contribution in [2.75, 3.05) is 0 Å². The summed E-state index contributed by atoms with van der Waals surface area (Å²) < 4.78 is 105. The summed E-state index contributed by atoms with van der Waals surface area (Å²) in [5.41, 5.74) is 19.7. The van der Waals surface area contributed by atoms with E-state index >= 15 is 0 Å². The van der Waals surface area contributed by atoms with E-state index in [0.29, 0.717) is 11.1 Å². The Hall–Kier alpha value is -3.57. The number of rotatable bonds is 4. The van der Waals surface area contributed by atoms with E-state index in [1.54, 1.807) is 0 Å². The molecule has 2 aromatic rings. The number of halogens is 6. The van der Waals surface area contributed by atoms with Gasteiger partial charge in [0.25, 0.3) is 0 Å².